The van der Waals surface area contributed by atoms with E-state index in [1.807, 2.05) is 55.5 Å². The van der Waals surface area contributed by atoms with E-state index in [0.29, 0.717) is 16.5 Å². The zero-order valence-electron chi connectivity index (χ0n) is 15.8. The van der Waals surface area contributed by atoms with Crippen molar-refractivity contribution >= 4 is 38.3 Å². The Morgan fingerprint density at radius 1 is 1.21 bits per heavy atom. The van der Waals surface area contributed by atoms with Crippen LogP contribution in [0.5, 0.6) is 0 Å². The molecule has 1 heterocycles. The van der Waals surface area contributed by atoms with Gasteiger partial charge in [0.2, 0.25) is 0 Å². The fourth-order valence-corrected chi connectivity index (χ4v) is 3.75. The molecule has 1 aliphatic heterocycles. The van der Waals surface area contributed by atoms with Gasteiger partial charge in [-0.3, -0.25) is 0 Å². The summed E-state index contributed by atoms with van der Waals surface area (Å²) >= 11 is 3.47. The quantitative estimate of drug-likeness (QED) is 0.461. The van der Waals surface area contributed by atoms with Gasteiger partial charge in [-0.2, -0.15) is 0 Å². The summed E-state index contributed by atoms with van der Waals surface area (Å²) in [5.74, 6) is 7.52. The summed E-state index contributed by atoms with van der Waals surface area (Å²) in [5.41, 5.74) is 2.55. The number of hydrogen-bond donors (Lipinski definition) is 4. The molecule has 0 aromatic heterocycles. The number of hydrazine groups is 1. The van der Waals surface area contributed by atoms with Crippen molar-refractivity contribution in [3.63, 3.8) is 0 Å². The molecule has 0 fully saturated rings. The highest BCUT2D eigenvalue weighted by Crippen LogP contribution is 2.25. The van der Waals surface area contributed by atoms with Crippen LogP contribution < -0.4 is 15.9 Å². The van der Waals surface area contributed by atoms with E-state index >= 15 is 0 Å². The highest BCUT2D eigenvalue weighted by molar-refractivity contribution is 9.11. The van der Waals surface area contributed by atoms with Crippen molar-refractivity contribution < 1.29 is 9.32 Å². The average molecular weight is 476 g/mol. The lowest BCUT2D eigenvalue weighted by Gasteiger charge is -2.28. The van der Waals surface area contributed by atoms with E-state index in [1.165, 1.54) is 5.01 Å². The Kier molecular flexibility index (Phi) is 7.34. The second-order valence-electron chi connectivity index (χ2n) is 6.16. The Balaban J connectivity index is 1.85. The summed E-state index contributed by atoms with van der Waals surface area (Å²) in [6.07, 6.45) is 1.88. The fraction of sp³-hybridized carbons (Fsp3) is 0.150. The number of nitrogens with one attached hydrogen (secondary N) is 2. The van der Waals surface area contributed by atoms with E-state index in [4.69, 9.17) is 10.9 Å². The zero-order valence-corrected chi connectivity index (χ0v) is 18.2. The summed E-state index contributed by atoms with van der Waals surface area (Å²) in [4.78, 5) is 5.28. The second-order valence-corrected chi connectivity index (χ2v) is 8.64. The molecule has 1 aliphatic rings. The number of rotatable bonds is 7. The first-order chi connectivity index (χ1) is 14.0. The monoisotopic (exact) mass is 475 g/mol. The molecular formula is C20H22BrN5O2S. The fourth-order valence-electron chi connectivity index (χ4n) is 2.64. The first kappa shape index (κ1) is 21.4. The number of allylic oxidation sites excluding steroid dienone is 2. The molecule has 29 heavy (non-hydrogen) atoms. The lowest BCUT2D eigenvalue weighted by molar-refractivity contribution is 0.302. The number of aliphatic imine (C=N–C) groups is 1. The number of nitrogens with two attached hydrogens (primary N) is 1. The Morgan fingerprint density at radius 2 is 1.90 bits per heavy atom. The third kappa shape index (κ3) is 5.40. The predicted octanol–water partition coefficient (Wildman–Crippen LogP) is 2.81. The van der Waals surface area contributed by atoms with Gasteiger partial charge in [0.05, 0.1) is 17.2 Å². The van der Waals surface area contributed by atoms with Crippen LogP contribution in [0.2, 0.25) is 0 Å². The average Bonchev–Trinajstić information content (AvgIpc) is 2.74. The van der Waals surface area contributed by atoms with E-state index < -0.39 is 11.0 Å². The first-order valence-electron chi connectivity index (χ1n) is 8.90. The van der Waals surface area contributed by atoms with Gasteiger partial charge >= 0.3 is 0 Å². The van der Waals surface area contributed by atoms with Crippen molar-refractivity contribution in [2.45, 2.75) is 11.8 Å². The molecule has 0 spiro atoms. The molecule has 0 radical (unpaired) electrons. The summed E-state index contributed by atoms with van der Waals surface area (Å²) in [7, 11) is -1.37. The lowest BCUT2D eigenvalue weighted by Crippen LogP contribution is -2.36. The van der Waals surface area contributed by atoms with Gasteiger partial charge in [-0.05, 0) is 31.2 Å². The van der Waals surface area contributed by atoms with Crippen LogP contribution in [0, 0.1) is 0 Å². The Morgan fingerprint density at radius 3 is 2.52 bits per heavy atom. The number of aliphatic hydroxyl groups is 1. The van der Waals surface area contributed by atoms with Crippen LogP contribution in [-0.2, 0) is 11.0 Å². The van der Waals surface area contributed by atoms with Gasteiger partial charge in [0, 0.05) is 28.4 Å². The maximum atomic E-state index is 12.1. The lowest BCUT2D eigenvalue weighted by atomic mass is 10.1. The van der Waals surface area contributed by atoms with Gasteiger partial charge in [-0.15, -0.1) is 0 Å². The molecular weight excluding hydrogens is 454 g/mol. The molecule has 0 saturated heterocycles. The van der Waals surface area contributed by atoms with Crippen LogP contribution in [-0.4, -0.2) is 33.2 Å². The molecule has 9 heteroatoms. The van der Waals surface area contributed by atoms with Crippen LogP contribution in [0.15, 0.2) is 86.7 Å². The normalized spacial score (nSPS) is 16.8. The molecule has 1 unspecified atom stereocenters. The largest absolute Gasteiger partial charge is 0.395 e. The van der Waals surface area contributed by atoms with Crippen molar-refractivity contribution in [1.29, 1.82) is 0 Å². The Labute approximate surface area is 180 Å². The number of anilines is 1. The number of benzene rings is 2. The molecule has 7 nitrogen and oxygen atoms in total. The van der Waals surface area contributed by atoms with Crippen molar-refractivity contribution in [2.24, 2.45) is 10.8 Å². The van der Waals surface area contributed by atoms with Crippen molar-refractivity contribution in [3.05, 3.63) is 82.4 Å². The second kappa shape index (κ2) is 9.95. The zero-order chi connectivity index (χ0) is 20.8. The smallest absolute Gasteiger partial charge is 0.159 e. The SMILES string of the molecule is C/C(Br)=C1/N=C(c2ccccc2)C=C(Nc2ccc(S(=O)NCCO)cc2)N1N. The van der Waals surface area contributed by atoms with Gasteiger partial charge in [0.25, 0.3) is 0 Å². The van der Waals surface area contributed by atoms with E-state index in [0.717, 1.165) is 21.4 Å². The molecule has 1 atom stereocenters. The van der Waals surface area contributed by atoms with Gasteiger partial charge in [0.1, 0.15) is 16.8 Å². The summed E-state index contributed by atoms with van der Waals surface area (Å²) in [6, 6.07) is 17.0. The minimum Gasteiger partial charge on any atom is -0.395 e. The van der Waals surface area contributed by atoms with Crippen LogP contribution in [0.4, 0.5) is 5.69 Å². The van der Waals surface area contributed by atoms with Gasteiger partial charge in [-0.25, -0.2) is 24.8 Å². The third-order valence-corrected chi connectivity index (χ3v) is 5.57. The first-order valence-corrected chi connectivity index (χ1v) is 10.8. The number of aliphatic hydroxyl groups excluding tert-OH is 1. The summed E-state index contributed by atoms with van der Waals surface area (Å²) in [6.45, 7) is 2.08. The Bertz CT molecular complexity index is 970. The molecule has 2 aromatic carbocycles. The molecule has 2 aromatic rings. The van der Waals surface area contributed by atoms with E-state index in [2.05, 4.69) is 31.0 Å². The highest BCUT2D eigenvalue weighted by atomic mass is 79.9. The van der Waals surface area contributed by atoms with Crippen LogP contribution in [0.1, 0.15) is 12.5 Å². The molecule has 152 valence electrons. The van der Waals surface area contributed by atoms with Crippen LogP contribution >= 0.6 is 15.9 Å². The number of halogens is 1. The summed E-state index contributed by atoms with van der Waals surface area (Å²) < 4.78 is 15.6. The number of hydrogen-bond acceptors (Lipinski definition) is 6. The minimum atomic E-state index is -1.37. The van der Waals surface area contributed by atoms with Gasteiger partial charge in [-0.1, -0.05) is 46.3 Å². The standard InChI is InChI=1S/C20H22BrN5O2S/c1-14(21)20-25-18(15-5-3-2-4-6-15)13-19(26(20)22)24-16-7-9-17(10-8-16)29(28)23-11-12-27/h2-10,13,23-24,27H,11-12,22H2,1H3/b20-14+. The van der Waals surface area contributed by atoms with Crippen LogP contribution in [0.3, 0.4) is 0 Å². The maximum absolute atomic E-state index is 12.1. The van der Waals surface area contributed by atoms with Crippen molar-refractivity contribution in [2.75, 3.05) is 18.5 Å². The van der Waals surface area contributed by atoms with Gasteiger partial charge in [0.15, 0.2) is 5.82 Å². The maximum Gasteiger partial charge on any atom is 0.159 e. The van der Waals surface area contributed by atoms with Crippen molar-refractivity contribution in [3.8, 4) is 0 Å². The molecule has 0 bridgehead atoms. The molecule has 3 rings (SSSR count). The third-order valence-electron chi connectivity index (χ3n) is 4.05. The Hall–Kier alpha value is -2.30. The number of nitrogens with zero attached hydrogens (tertiary/aromatic N) is 2. The van der Waals surface area contributed by atoms with E-state index in [1.54, 1.807) is 12.1 Å². The highest BCUT2D eigenvalue weighted by Gasteiger charge is 2.20. The van der Waals surface area contributed by atoms with Crippen molar-refractivity contribution in [1.82, 2.24) is 9.73 Å². The predicted molar refractivity (Wildman–Crippen MR) is 120 cm³/mol. The molecule has 0 amide bonds. The van der Waals surface area contributed by atoms with E-state index in [-0.39, 0.29) is 13.2 Å². The topological polar surface area (TPSA) is 103 Å². The molecule has 5 N–H and O–H groups in total. The van der Waals surface area contributed by atoms with E-state index in [9.17, 15) is 4.21 Å². The van der Waals surface area contributed by atoms with Gasteiger partial charge < -0.3 is 10.4 Å². The minimum absolute atomic E-state index is 0.0694. The molecule has 0 aliphatic carbocycles. The summed E-state index contributed by atoms with van der Waals surface area (Å²) in [5, 5.41) is 13.6. The molecule has 0 saturated carbocycles. The van der Waals surface area contributed by atoms with Crippen LogP contribution in [0.25, 0.3) is 0 Å².